The summed E-state index contributed by atoms with van der Waals surface area (Å²) in [7, 11) is 5.38. The van der Waals surface area contributed by atoms with Crippen LogP contribution in [0.1, 0.15) is 16.7 Å². The Morgan fingerprint density at radius 2 is 2.13 bits per heavy atom. The highest BCUT2D eigenvalue weighted by molar-refractivity contribution is 5.79. The van der Waals surface area contributed by atoms with E-state index in [1.165, 1.54) is 5.56 Å². The molecule has 0 spiro atoms. The fraction of sp³-hybridized carbons (Fsp3) is 0.412. The molecular formula is C17H25N5O. The van der Waals surface area contributed by atoms with Gasteiger partial charge in [0.1, 0.15) is 5.75 Å². The van der Waals surface area contributed by atoms with Crippen molar-refractivity contribution < 1.29 is 4.74 Å². The topological polar surface area (TPSA) is 63.5 Å². The van der Waals surface area contributed by atoms with Gasteiger partial charge in [0, 0.05) is 38.9 Å². The van der Waals surface area contributed by atoms with Gasteiger partial charge in [-0.1, -0.05) is 12.1 Å². The van der Waals surface area contributed by atoms with Crippen molar-refractivity contribution in [3.8, 4) is 5.75 Å². The SMILES string of the molecule is CN=C(NCCc1ccc(C)c(OC)c1)NCc1cnn(C)c1. The summed E-state index contributed by atoms with van der Waals surface area (Å²) in [5.41, 5.74) is 3.51. The molecule has 0 saturated heterocycles. The van der Waals surface area contributed by atoms with E-state index in [0.29, 0.717) is 6.54 Å². The fourth-order valence-electron chi connectivity index (χ4n) is 2.31. The third-order valence-corrected chi connectivity index (χ3v) is 3.62. The van der Waals surface area contributed by atoms with Crippen molar-refractivity contribution in [2.24, 2.45) is 12.0 Å². The molecule has 2 aromatic rings. The maximum Gasteiger partial charge on any atom is 0.191 e. The summed E-state index contributed by atoms with van der Waals surface area (Å²) in [6.45, 7) is 3.55. The Morgan fingerprint density at radius 1 is 1.30 bits per heavy atom. The van der Waals surface area contributed by atoms with Crippen molar-refractivity contribution >= 4 is 5.96 Å². The number of rotatable bonds is 6. The molecule has 23 heavy (non-hydrogen) atoms. The zero-order valence-electron chi connectivity index (χ0n) is 14.3. The number of aromatic nitrogens is 2. The first kappa shape index (κ1) is 16.9. The van der Waals surface area contributed by atoms with E-state index in [4.69, 9.17) is 4.74 Å². The summed E-state index contributed by atoms with van der Waals surface area (Å²) in [5.74, 6) is 1.72. The van der Waals surface area contributed by atoms with Crippen LogP contribution in [0.25, 0.3) is 0 Å². The third kappa shape index (κ3) is 5.02. The molecule has 0 bridgehead atoms. The van der Waals surface area contributed by atoms with Crippen LogP contribution in [0.2, 0.25) is 0 Å². The van der Waals surface area contributed by atoms with Crippen molar-refractivity contribution in [1.82, 2.24) is 20.4 Å². The van der Waals surface area contributed by atoms with E-state index in [-0.39, 0.29) is 0 Å². The van der Waals surface area contributed by atoms with Gasteiger partial charge in [0.15, 0.2) is 5.96 Å². The van der Waals surface area contributed by atoms with E-state index in [0.717, 1.165) is 35.8 Å². The van der Waals surface area contributed by atoms with Gasteiger partial charge in [0.2, 0.25) is 0 Å². The summed E-state index contributed by atoms with van der Waals surface area (Å²) in [5, 5.41) is 10.7. The summed E-state index contributed by atoms with van der Waals surface area (Å²) in [4.78, 5) is 4.23. The number of guanidine groups is 1. The van der Waals surface area contributed by atoms with Gasteiger partial charge in [-0.25, -0.2) is 0 Å². The Kier molecular flexibility index (Phi) is 6.02. The minimum atomic E-state index is 0.700. The lowest BCUT2D eigenvalue weighted by atomic mass is 10.1. The molecule has 1 aromatic heterocycles. The summed E-state index contributed by atoms with van der Waals surface area (Å²) in [6.07, 6.45) is 4.74. The highest BCUT2D eigenvalue weighted by Crippen LogP contribution is 2.18. The predicted molar refractivity (Wildman–Crippen MR) is 92.8 cm³/mol. The number of hydrogen-bond acceptors (Lipinski definition) is 3. The Morgan fingerprint density at radius 3 is 2.78 bits per heavy atom. The average Bonchev–Trinajstić information content (AvgIpc) is 2.97. The lowest BCUT2D eigenvalue weighted by Gasteiger charge is -2.12. The number of benzene rings is 1. The monoisotopic (exact) mass is 315 g/mol. The van der Waals surface area contributed by atoms with Gasteiger partial charge >= 0.3 is 0 Å². The Balaban J connectivity index is 1.79. The largest absolute Gasteiger partial charge is 0.496 e. The van der Waals surface area contributed by atoms with Gasteiger partial charge in [-0.3, -0.25) is 9.67 Å². The van der Waals surface area contributed by atoms with Gasteiger partial charge in [-0.05, 0) is 30.5 Å². The summed E-state index contributed by atoms with van der Waals surface area (Å²) >= 11 is 0. The van der Waals surface area contributed by atoms with E-state index in [9.17, 15) is 0 Å². The normalized spacial score (nSPS) is 11.4. The van der Waals surface area contributed by atoms with E-state index < -0.39 is 0 Å². The molecule has 1 aromatic carbocycles. The summed E-state index contributed by atoms with van der Waals surface area (Å²) in [6, 6.07) is 6.30. The van der Waals surface area contributed by atoms with Crippen LogP contribution in [0.5, 0.6) is 5.75 Å². The standard InChI is InChI=1S/C17H25N5O/c1-13-5-6-14(9-16(13)23-4)7-8-19-17(18-2)20-10-15-11-21-22(3)12-15/h5-6,9,11-12H,7-8,10H2,1-4H3,(H2,18,19,20). The number of aliphatic imine (C=N–C) groups is 1. The molecule has 124 valence electrons. The molecule has 0 atom stereocenters. The van der Waals surface area contributed by atoms with Crippen molar-refractivity contribution in [2.45, 2.75) is 19.9 Å². The zero-order chi connectivity index (χ0) is 16.7. The smallest absolute Gasteiger partial charge is 0.191 e. The van der Waals surface area contributed by atoms with Gasteiger partial charge < -0.3 is 15.4 Å². The van der Waals surface area contributed by atoms with Gasteiger partial charge in [0.05, 0.1) is 13.3 Å². The van der Waals surface area contributed by atoms with Crippen LogP contribution in [0.3, 0.4) is 0 Å². The van der Waals surface area contributed by atoms with Gasteiger partial charge in [-0.15, -0.1) is 0 Å². The maximum absolute atomic E-state index is 5.36. The molecule has 6 heteroatoms. The molecule has 0 fully saturated rings. The van der Waals surface area contributed by atoms with Gasteiger partial charge in [0.25, 0.3) is 0 Å². The number of methoxy groups -OCH3 is 1. The van der Waals surface area contributed by atoms with E-state index >= 15 is 0 Å². The first-order valence-electron chi connectivity index (χ1n) is 7.68. The van der Waals surface area contributed by atoms with Crippen LogP contribution < -0.4 is 15.4 Å². The first-order chi connectivity index (χ1) is 11.1. The van der Waals surface area contributed by atoms with Crippen molar-refractivity contribution in [1.29, 1.82) is 0 Å². The maximum atomic E-state index is 5.36. The molecule has 0 unspecified atom stereocenters. The molecule has 2 rings (SSSR count). The zero-order valence-corrected chi connectivity index (χ0v) is 14.3. The second-order valence-corrected chi connectivity index (χ2v) is 5.43. The fourth-order valence-corrected chi connectivity index (χ4v) is 2.31. The predicted octanol–water partition coefficient (Wildman–Crippen LogP) is 1.64. The van der Waals surface area contributed by atoms with Crippen LogP contribution in [0.15, 0.2) is 35.6 Å². The van der Waals surface area contributed by atoms with Crippen molar-refractivity contribution in [3.05, 3.63) is 47.3 Å². The van der Waals surface area contributed by atoms with E-state index in [1.54, 1.807) is 18.8 Å². The minimum Gasteiger partial charge on any atom is -0.496 e. The van der Waals surface area contributed by atoms with Crippen LogP contribution in [-0.4, -0.2) is 36.4 Å². The van der Waals surface area contributed by atoms with Crippen LogP contribution >= 0.6 is 0 Å². The number of hydrogen-bond donors (Lipinski definition) is 2. The Hall–Kier alpha value is -2.50. The number of nitrogens with zero attached hydrogens (tertiary/aromatic N) is 3. The third-order valence-electron chi connectivity index (χ3n) is 3.62. The molecular weight excluding hydrogens is 290 g/mol. The lowest BCUT2D eigenvalue weighted by molar-refractivity contribution is 0.411. The number of aryl methyl sites for hydroxylation is 2. The molecule has 2 N–H and O–H groups in total. The second-order valence-electron chi connectivity index (χ2n) is 5.43. The highest BCUT2D eigenvalue weighted by Gasteiger charge is 2.02. The molecule has 0 saturated carbocycles. The average molecular weight is 315 g/mol. The van der Waals surface area contributed by atoms with Gasteiger partial charge in [-0.2, -0.15) is 5.10 Å². The second kappa shape index (κ2) is 8.22. The molecule has 0 aliphatic rings. The van der Waals surface area contributed by atoms with E-state index in [2.05, 4.69) is 38.9 Å². The molecule has 6 nitrogen and oxygen atoms in total. The van der Waals surface area contributed by atoms with Crippen molar-refractivity contribution in [3.63, 3.8) is 0 Å². The summed E-state index contributed by atoms with van der Waals surface area (Å²) < 4.78 is 7.15. The molecule has 0 aliphatic heterocycles. The van der Waals surface area contributed by atoms with Crippen molar-refractivity contribution in [2.75, 3.05) is 20.7 Å². The molecule has 1 heterocycles. The Labute approximate surface area is 137 Å². The minimum absolute atomic E-state index is 0.700. The molecule has 0 aliphatic carbocycles. The van der Waals surface area contributed by atoms with Crippen LogP contribution in [-0.2, 0) is 20.0 Å². The molecule has 0 amide bonds. The first-order valence-corrected chi connectivity index (χ1v) is 7.68. The Bertz CT molecular complexity index is 663. The quantitative estimate of drug-likeness (QED) is 0.628. The number of nitrogens with one attached hydrogen (secondary N) is 2. The lowest BCUT2D eigenvalue weighted by Crippen LogP contribution is -2.37. The van der Waals surface area contributed by atoms with Crippen LogP contribution in [0.4, 0.5) is 0 Å². The van der Waals surface area contributed by atoms with Crippen LogP contribution in [0, 0.1) is 6.92 Å². The molecule has 0 radical (unpaired) electrons. The highest BCUT2D eigenvalue weighted by atomic mass is 16.5. The number of ether oxygens (including phenoxy) is 1. The van der Waals surface area contributed by atoms with E-state index in [1.807, 2.05) is 26.4 Å².